The third-order valence-electron chi connectivity index (χ3n) is 2.93. The molecule has 0 radical (unpaired) electrons. The summed E-state index contributed by atoms with van der Waals surface area (Å²) >= 11 is 0. The standard InChI is InChI=1S/C12H13N3O/c13-12-14-6-10(15-12)9-5-8-3-1-2-4-11(8)16-7-9/h1-4,6,9H,5,7H2,(H3,13,14,15). The maximum absolute atomic E-state index is 5.71. The minimum atomic E-state index is 0.319. The highest BCUT2D eigenvalue weighted by Gasteiger charge is 2.22. The van der Waals surface area contributed by atoms with E-state index in [0.717, 1.165) is 17.9 Å². The maximum atomic E-state index is 5.71. The van der Waals surface area contributed by atoms with Gasteiger partial charge < -0.3 is 15.5 Å². The predicted molar refractivity (Wildman–Crippen MR) is 61.4 cm³/mol. The van der Waals surface area contributed by atoms with Crippen molar-refractivity contribution in [3.63, 3.8) is 0 Å². The summed E-state index contributed by atoms with van der Waals surface area (Å²) in [7, 11) is 0. The molecule has 82 valence electrons. The van der Waals surface area contributed by atoms with Crippen LogP contribution in [-0.2, 0) is 6.42 Å². The zero-order valence-electron chi connectivity index (χ0n) is 8.81. The summed E-state index contributed by atoms with van der Waals surface area (Å²) in [6.07, 6.45) is 2.76. The molecule has 0 saturated heterocycles. The highest BCUT2D eigenvalue weighted by atomic mass is 16.5. The van der Waals surface area contributed by atoms with Crippen molar-refractivity contribution in [1.82, 2.24) is 9.97 Å². The van der Waals surface area contributed by atoms with Gasteiger partial charge in [-0.05, 0) is 18.1 Å². The lowest BCUT2D eigenvalue weighted by atomic mass is 9.94. The van der Waals surface area contributed by atoms with E-state index in [1.807, 2.05) is 18.2 Å². The molecule has 3 N–H and O–H groups in total. The number of anilines is 1. The molecule has 1 atom stereocenters. The smallest absolute Gasteiger partial charge is 0.197 e. The second-order valence-corrected chi connectivity index (χ2v) is 4.04. The lowest BCUT2D eigenvalue weighted by Crippen LogP contribution is -2.19. The van der Waals surface area contributed by atoms with Gasteiger partial charge in [-0.15, -0.1) is 0 Å². The molecule has 0 fully saturated rings. The fourth-order valence-corrected chi connectivity index (χ4v) is 2.09. The van der Waals surface area contributed by atoms with Crippen LogP contribution in [0.15, 0.2) is 30.5 Å². The van der Waals surface area contributed by atoms with Crippen molar-refractivity contribution in [3.05, 3.63) is 41.7 Å². The molecular formula is C12H13N3O. The molecule has 2 aromatic rings. The first kappa shape index (κ1) is 9.27. The van der Waals surface area contributed by atoms with Gasteiger partial charge in [-0.2, -0.15) is 0 Å². The van der Waals surface area contributed by atoms with E-state index in [2.05, 4.69) is 16.0 Å². The number of imidazole rings is 1. The summed E-state index contributed by atoms with van der Waals surface area (Å²) in [4.78, 5) is 7.08. The number of hydrogen-bond acceptors (Lipinski definition) is 3. The highest BCUT2D eigenvalue weighted by molar-refractivity contribution is 5.37. The van der Waals surface area contributed by atoms with E-state index in [9.17, 15) is 0 Å². The summed E-state index contributed by atoms with van der Waals surface area (Å²) in [5.74, 6) is 1.78. The van der Waals surface area contributed by atoms with E-state index < -0.39 is 0 Å². The Morgan fingerprint density at radius 2 is 2.25 bits per heavy atom. The van der Waals surface area contributed by atoms with Gasteiger partial charge in [0.2, 0.25) is 0 Å². The summed E-state index contributed by atoms with van der Waals surface area (Å²) in [6.45, 7) is 0.679. The Hall–Kier alpha value is -1.97. The van der Waals surface area contributed by atoms with Crippen molar-refractivity contribution in [2.45, 2.75) is 12.3 Å². The average Bonchev–Trinajstić information content (AvgIpc) is 2.75. The van der Waals surface area contributed by atoms with E-state index in [1.165, 1.54) is 5.56 Å². The fraction of sp³-hybridized carbons (Fsp3) is 0.250. The minimum absolute atomic E-state index is 0.319. The van der Waals surface area contributed by atoms with Gasteiger partial charge in [0.15, 0.2) is 5.95 Å². The molecule has 0 bridgehead atoms. The molecule has 4 nitrogen and oxygen atoms in total. The van der Waals surface area contributed by atoms with Crippen LogP contribution in [0.3, 0.4) is 0 Å². The highest BCUT2D eigenvalue weighted by Crippen LogP contribution is 2.31. The number of aromatic amines is 1. The molecule has 1 aromatic carbocycles. The summed E-state index contributed by atoms with van der Waals surface area (Å²) in [5, 5.41) is 0. The topological polar surface area (TPSA) is 63.9 Å². The Bertz CT molecular complexity index is 506. The maximum Gasteiger partial charge on any atom is 0.197 e. The number of para-hydroxylation sites is 1. The van der Waals surface area contributed by atoms with Crippen molar-refractivity contribution in [2.24, 2.45) is 0 Å². The second-order valence-electron chi connectivity index (χ2n) is 4.04. The molecule has 1 aromatic heterocycles. The van der Waals surface area contributed by atoms with Crippen LogP contribution >= 0.6 is 0 Å². The number of benzene rings is 1. The summed E-state index contributed by atoms with van der Waals surface area (Å²) in [6, 6.07) is 8.13. The zero-order chi connectivity index (χ0) is 11.0. The lowest BCUT2D eigenvalue weighted by molar-refractivity contribution is 0.260. The summed E-state index contributed by atoms with van der Waals surface area (Å²) < 4.78 is 5.71. The quantitative estimate of drug-likeness (QED) is 0.761. The van der Waals surface area contributed by atoms with Crippen LogP contribution in [0.5, 0.6) is 5.75 Å². The van der Waals surface area contributed by atoms with Gasteiger partial charge in [0.25, 0.3) is 0 Å². The number of hydrogen-bond donors (Lipinski definition) is 2. The molecule has 1 aliphatic rings. The normalized spacial score (nSPS) is 18.9. The van der Waals surface area contributed by atoms with E-state index >= 15 is 0 Å². The number of ether oxygens (including phenoxy) is 1. The number of nitrogens with two attached hydrogens (primary N) is 1. The zero-order valence-corrected chi connectivity index (χ0v) is 8.81. The van der Waals surface area contributed by atoms with E-state index in [1.54, 1.807) is 6.20 Å². The van der Waals surface area contributed by atoms with Crippen molar-refractivity contribution >= 4 is 5.95 Å². The van der Waals surface area contributed by atoms with Crippen LogP contribution in [0.25, 0.3) is 0 Å². The number of fused-ring (bicyclic) bond motifs is 1. The van der Waals surface area contributed by atoms with Gasteiger partial charge in [-0.3, -0.25) is 0 Å². The summed E-state index contributed by atoms with van der Waals surface area (Å²) in [5.41, 5.74) is 7.86. The molecular weight excluding hydrogens is 202 g/mol. The Labute approximate surface area is 93.5 Å². The molecule has 0 amide bonds. The van der Waals surface area contributed by atoms with Crippen LogP contribution in [0.1, 0.15) is 17.2 Å². The van der Waals surface area contributed by atoms with Gasteiger partial charge in [0.05, 0.1) is 12.8 Å². The van der Waals surface area contributed by atoms with Crippen molar-refractivity contribution in [3.8, 4) is 5.75 Å². The number of nitrogen functional groups attached to an aromatic ring is 1. The average molecular weight is 215 g/mol. The van der Waals surface area contributed by atoms with E-state index in [-0.39, 0.29) is 0 Å². The van der Waals surface area contributed by atoms with Gasteiger partial charge in [0.1, 0.15) is 5.75 Å². The monoisotopic (exact) mass is 215 g/mol. The predicted octanol–water partition coefficient (Wildman–Crippen LogP) is 1.71. The van der Waals surface area contributed by atoms with Crippen LogP contribution < -0.4 is 10.5 Å². The molecule has 16 heavy (non-hydrogen) atoms. The number of nitrogens with zero attached hydrogens (tertiary/aromatic N) is 1. The third kappa shape index (κ3) is 1.52. The molecule has 0 spiro atoms. The second kappa shape index (κ2) is 3.56. The lowest BCUT2D eigenvalue weighted by Gasteiger charge is -2.24. The number of aromatic nitrogens is 2. The molecule has 4 heteroatoms. The third-order valence-corrected chi connectivity index (χ3v) is 2.93. The van der Waals surface area contributed by atoms with Crippen molar-refractivity contribution in [1.29, 1.82) is 0 Å². The molecule has 0 saturated carbocycles. The van der Waals surface area contributed by atoms with Crippen LogP contribution in [0, 0.1) is 0 Å². The van der Waals surface area contributed by atoms with Crippen molar-refractivity contribution < 1.29 is 4.74 Å². The van der Waals surface area contributed by atoms with Crippen LogP contribution in [-0.4, -0.2) is 16.6 Å². The molecule has 1 aliphatic heterocycles. The van der Waals surface area contributed by atoms with E-state index in [4.69, 9.17) is 10.5 Å². The number of nitrogens with one attached hydrogen (secondary N) is 1. The Morgan fingerprint density at radius 3 is 3.06 bits per heavy atom. The molecule has 3 rings (SSSR count). The first-order valence-corrected chi connectivity index (χ1v) is 5.34. The van der Waals surface area contributed by atoms with Gasteiger partial charge in [-0.25, -0.2) is 4.98 Å². The van der Waals surface area contributed by atoms with Gasteiger partial charge >= 0.3 is 0 Å². The Morgan fingerprint density at radius 1 is 1.38 bits per heavy atom. The van der Waals surface area contributed by atoms with Gasteiger partial charge in [-0.1, -0.05) is 18.2 Å². The SMILES string of the molecule is Nc1ncc(C2COc3ccccc3C2)[nH]1. The molecule has 1 unspecified atom stereocenters. The first-order chi connectivity index (χ1) is 7.83. The van der Waals surface area contributed by atoms with Crippen LogP contribution in [0.2, 0.25) is 0 Å². The number of rotatable bonds is 1. The van der Waals surface area contributed by atoms with Gasteiger partial charge in [0, 0.05) is 11.6 Å². The van der Waals surface area contributed by atoms with E-state index in [0.29, 0.717) is 18.5 Å². The number of H-pyrrole nitrogens is 1. The van der Waals surface area contributed by atoms with Crippen molar-refractivity contribution in [2.75, 3.05) is 12.3 Å². The van der Waals surface area contributed by atoms with Crippen LogP contribution in [0.4, 0.5) is 5.95 Å². The Balaban J connectivity index is 1.88. The minimum Gasteiger partial charge on any atom is -0.493 e. The molecule has 0 aliphatic carbocycles. The fourth-order valence-electron chi connectivity index (χ4n) is 2.09. The largest absolute Gasteiger partial charge is 0.493 e. The first-order valence-electron chi connectivity index (χ1n) is 5.34. The Kier molecular flexibility index (Phi) is 2.06. The molecule has 2 heterocycles.